The van der Waals surface area contributed by atoms with Crippen molar-refractivity contribution in [3.63, 3.8) is 0 Å². The Morgan fingerprint density at radius 3 is 2.92 bits per heavy atom. The highest BCUT2D eigenvalue weighted by Gasteiger charge is 2.24. The molecule has 26 heavy (non-hydrogen) atoms. The predicted molar refractivity (Wildman–Crippen MR) is 99.5 cm³/mol. The van der Waals surface area contributed by atoms with Crippen LogP contribution in [0.5, 0.6) is 0 Å². The van der Waals surface area contributed by atoms with Crippen LogP contribution in [0.15, 0.2) is 37.2 Å². The molecule has 0 aliphatic carbocycles. The lowest BCUT2D eigenvalue weighted by Gasteiger charge is -2.33. The van der Waals surface area contributed by atoms with Gasteiger partial charge in [-0.15, -0.1) is 0 Å². The number of piperidine rings is 1. The third-order valence-corrected chi connectivity index (χ3v) is 4.87. The van der Waals surface area contributed by atoms with E-state index >= 15 is 0 Å². The normalized spacial score (nSPS) is 17.5. The number of rotatable bonds is 4. The molecule has 0 N–H and O–H groups in total. The first-order valence-corrected chi connectivity index (χ1v) is 9.12. The SMILES string of the molecule is CCc1nccn1-c1cncc(C2CCCN(c3cc(C)ncn3)C2)n1. The highest BCUT2D eigenvalue weighted by atomic mass is 15.2. The van der Waals surface area contributed by atoms with Crippen molar-refractivity contribution in [3.8, 4) is 5.82 Å². The van der Waals surface area contributed by atoms with Gasteiger partial charge in [-0.05, 0) is 19.8 Å². The molecule has 4 rings (SSSR count). The van der Waals surface area contributed by atoms with Gasteiger partial charge in [-0.2, -0.15) is 0 Å². The molecule has 0 radical (unpaired) electrons. The molecular weight excluding hydrogens is 326 g/mol. The fraction of sp³-hybridized carbons (Fsp3) is 0.421. The van der Waals surface area contributed by atoms with Crippen LogP contribution < -0.4 is 4.90 Å². The van der Waals surface area contributed by atoms with Gasteiger partial charge in [0.25, 0.3) is 0 Å². The topological polar surface area (TPSA) is 72.6 Å². The van der Waals surface area contributed by atoms with Crippen molar-refractivity contribution in [1.82, 2.24) is 29.5 Å². The van der Waals surface area contributed by atoms with Crippen LogP contribution in [0, 0.1) is 6.92 Å². The quantitative estimate of drug-likeness (QED) is 0.721. The van der Waals surface area contributed by atoms with Crippen LogP contribution in [0.1, 0.15) is 42.9 Å². The molecule has 7 nitrogen and oxygen atoms in total. The molecule has 0 aromatic carbocycles. The predicted octanol–water partition coefficient (Wildman–Crippen LogP) is 2.71. The molecule has 4 heterocycles. The molecule has 1 atom stereocenters. The van der Waals surface area contributed by atoms with Crippen LogP contribution in [-0.4, -0.2) is 42.6 Å². The third-order valence-electron chi connectivity index (χ3n) is 4.87. The van der Waals surface area contributed by atoms with E-state index in [2.05, 4.69) is 31.8 Å². The Morgan fingerprint density at radius 1 is 1.15 bits per heavy atom. The van der Waals surface area contributed by atoms with Crippen LogP contribution in [0.4, 0.5) is 5.82 Å². The Morgan fingerprint density at radius 2 is 2.08 bits per heavy atom. The minimum Gasteiger partial charge on any atom is -0.356 e. The average Bonchev–Trinajstić information content (AvgIpc) is 3.17. The van der Waals surface area contributed by atoms with Crippen molar-refractivity contribution in [3.05, 3.63) is 54.4 Å². The summed E-state index contributed by atoms with van der Waals surface area (Å²) in [5.41, 5.74) is 2.03. The second-order valence-electron chi connectivity index (χ2n) is 6.67. The molecule has 3 aromatic rings. The fourth-order valence-corrected chi connectivity index (χ4v) is 3.53. The van der Waals surface area contributed by atoms with Crippen LogP contribution in [0.25, 0.3) is 5.82 Å². The standard InChI is InChI=1S/C19H23N7/c1-3-17-21-6-8-26(17)19-11-20-10-16(24-19)15-5-4-7-25(12-15)18-9-14(2)22-13-23-18/h6,8-11,13,15H,3-5,7,12H2,1-2H3. The first kappa shape index (κ1) is 16.6. The summed E-state index contributed by atoms with van der Waals surface area (Å²) in [7, 11) is 0. The second-order valence-corrected chi connectivity index (χ2v) is 6.67. The molecule has 0 bridgehead atoms. The first-order valence-electron chi connectivity index (χ1n) is 9.12. The first-order chi connectivity index (χ1) is 12.7. The van der Waals surface area contributed by atoms with E-state index in [0.29, 0.717) is 5.92 Å². The van der Waals surface area contributed by atoms with Gasteiger partial charge in [0.15, 0.2) is 5.82 Å². The fourth-order valence-electron chi connectivity index (χ4n) is 3.53. The second kappa shape index (κ2) is 7.19. The van der Waals surface area contributed by atoms with Gasteiger partial charge in [-0.25, -0.2) is 19.9 Å². The zero-order valence-electron chi connectivity index (χ0n) is 15.2. The summed E-state index contributed by atoms with van der Waals surface area (Å²) >= 11 is 0. The lowest BCUT2D eigenvalue weighted by Crippen LogP contribution is -2.35. The summed E-state index contributed by atoms with van der Waals surface area (Å²) in [5.74, 6) is 3.18. The lowest BCUT2D eigenvalue weighted by atomic mass is 9.95. The van der Waals surface area contributed by atoms with Crippen molar-refractivity contribution in [2.75, 3.05) is 18.0 Å². The summed E-state index contributed by atoms with van der Waals surface area (Å²) in [4.78, 5) is 24.7. The maximum atomic E-state index is 4.89. The molecule has 1 aliphatic rings. The summed E-state index contributed by atoms with van der Waals surface area (Å²) in [6.45, 7) is 6.01. The summed E-state index contributed by atoms with van der Waals surface area (Å²) in [6.07, 6.45) is 12.2. The van der Waals surface area contributed by atoms with Gasteiger partial charge in [0.05, 0.1) is 11.9 Å². The molecule has 3 aromatic heterocycles. The molecule has 134 valence electrons. The van der Waals surface area contributed by atoms with E-state index in [1.807, 2.05) is 36.1 Å². The number of aryl methyl sites for hydroxylation is 2. The average molecular weight is 349 g/mol. The number of anilines is 1. The lowest BCUT2D eigenvalue weighted by molar-refractivity contribution is 0.496. The van der Waals surface area contributed by atoms with E-state index in [4.69, 9.17) is 4.98 Å². The van der Waals surface area contributed by atoms with E-state index in [-0.39, 0.29) is 0 Å². The molecule has 7 heteroatoms. The number of hydrogen-bond acceptors (Lipinski definition) is 6. The van der Waals surface area contributed by atoms with E-state index in [0.717, 1.165) is 61.2 Å². The third kappa shape index (κ3) is 3.29. The highest BCUT2D eigenvalue weighted by Crippen LogP contribution is 2.28. The molecule has 1 saturated heterocycles. The summed E-state index contributed by atoms with van der Waals surface area (Å²) < 4.78 is 2.02. The van der Waals surface area contributed by atoms with Gasteiger partial charge >= 0.3 is 0 Å². The van der Waals surface area contributed by atoms with E-state index in [9.17, 15) is 0 Å². The molecule has 0 saturated carbocycles. The van der Waals surface area contributed by atoms with Gasteiger partial charge < -0.3 is 4.90 Å². The Balaban J connectivity index is 1.58. The van der Waals surface area contributed by atoms with Crippen LogP contribution in [0.2, 0.25) is 0 Å². The maximum Gasteiger partial charge on any atom is 0.156 e. The minimum atomic E-state index is 0.347. The zero-order chi connectivity index (χ0) is 17.9. The molecule has 1 unspecified atom stereocenters. The van der Waals surface area contributed by atoms with Crippen molar-refractivity contribution in [1.29, 1.82) is 0 Å². The molecule has 0 spiro atoms. The van der Waals surface area contributed by atoms with E-state index < -0.39 is 0 Å². The van der Waals surface area contributed by atoms with Crippen molar-refractivity contribution < 1.29 is 0 Å². The van der Waals surface area contributed by atoms with Gasteiger partial charge in [0.1, 0.15) is 18.0 Å². The monoisotopic (exact) mass is 349 g/mol. The number of imidazole rings is 1. The Labute approximate surface area is 153 Å². The van der Waals surface area contributed by atoms with Crippen LogP contribution >= 0.6 is 0 Å². The molecule has 0 amide bonds. The number of hydrogen-bond donors (Lipinski definition) is 0. The van der Waals surface area contributed by atoms with Gasteiger partial charge in [-0.1, -0.05) is 6.92 Å². The molecule has 1 aliphatic heterocycles. The van der Waals surface area contributed by atoms with Gasteiger partial charge in [0.2, 0.25) is 0 Å². The Kier molecular flexibility index (Phi) is 4.60. The zero-order valence-corrected chi connectivity index (χ0v) is 15.2. The summed E-state index contributed by atoms with van der Waals surface area (Å²) in [6, 6.07) is 2.05. The largest absolute Gasteiger partial charge is 0.356 e. The van der Waals surface area contributed by atoms with Gasteiger partial charge in [0, 0.05) is 55.8 Å². The Bertz CT molecular complexity index is 889. The molecule has 1 fully saturated rings. The summed E-state index contributed by atoms with van der Waals surface area (Å²) in [5, 5.41) is 0. The van der Waals surface area contributed by atoms with Crippen molar-refractivity contribution in [2.24, 2.45) is 0 Å². The number of nitrogens with zero attached hydrogens (tertiary/aromatic N) is 7. The highest BCUT2D eigenvalue weighted by molar-refractivity contribution is 5.40. The van der Waals surface area contributed by atoms with Crippen LogP contribution in [0.3, 0.4) is 0 Å². The van der Waals surface area contributed by atoms with Crippen LogP contribution in [-0.2, 0) is 6.42 Å². The van der Waals surface area contributed by atoms with Crippen molar-refractivity contribution in [2.45, 2.75) is 39.0 Å². The maximum absolute atomic E-state index is 4.89. The van der Waals surface area contributed by atoms with Gasteiger partial charge in [-0.3, -0.25) is 9.55 Å². The smallest absolute Gasteiger partial charge is 0.156 e. The molecular formula is C19H23N7. The van der Waals surface area contributed by atoms with E-state index in [1.54, 1.807) is 12.5 Å². The number of aromatic nitrogens is 6. The minimum absolute atomic E-state index is 0.347. The Hall–Kier alpha value is -2.83. The van der Waals surface area contributed by atoms with Crippen molar-refractivity contribution >= 4 is 5.82 Å². The van der Waals surface area contributed by atoms with E-state index in [1.165, 1.54) is 0 Å².